The summed E-state index contributed by atoms with van der Waals surface area (Å²) in [6.45, 7) is 1.71. The zero-order chi connectivity index (χ0) is 11.5. The Kier molecular flexibility index (Phi) is 2.59. The first-order valence-corrected chi connectivity index (χ1v) is 4.47. The van der Waals surface area contributed by atoms with E-state index in [-0.39, 0.29) is 11.6 Å². The quantitative estimate of drug-likeness (QED) is 0.789. The van der Waals surface area contributed by atoms with Crippen molar-refractivity contribution in [3.63, 3.8) is 0 Å². The van der Waals surface area contributed by atoms with Crippen LogP contribution in [0.3, 0.4) is 0 Å². The van der Waals surface area contributed by atoms with Gasteiger partial charge in [0.1, 0.15) is 17.3 Å². The van der Waals surface area contributed by atoms with Crippen molar-refractivity contribution in [1.29, 1.82) is 0 Å². The molecule has 82 valence electrons. The van der Waals surface area contributed by atoms with E-state index in [0.29, 0.717) is 5.82 Å². The molecule has 2 aromatic heterocycles. The van der Waals surface area contributed by atoms with Gasteiger partial charge in [-0.3, -0.25) is 15.2 Å². The fraction of sp³-hybridized carbons (Fsp3) is 0.111. The van der Waals surface area contributed by atoms with Gasteiger partial charge in [-0.15, -0.1) is 5.10 Å². The first-order chi connectivity index (χ1) is 7.65. The third-order valence-electron chi connectivity index (χ3n) is 1.78. The molecule has 0 fully saturated rings. The van der Waals surface area contributed by atoms with Crippen LogP contribution in [0.2, 0.25) is 0 Å². The van der Waals surface area contributed by atoms with Crippen LogP contribution in [0, 0.1) is 12.7 Å². The molecule has 16 heavy (non-hydrogen) atoms. The van der Waals surface area contributed by atoms with E-state index in [1.54, 1.807) is 6.92 Å². The predicted molar refractivity (Wildman–Crippen MR) is 53.3 cm³/mol. The molecule has 0 bridgehead atoms. The number of nitrogens with zero attached hydrogens (tertiary/aromatic N) is 3. The van der Waals surface area contributed by atoms with Gasteiger partial charge < -0.3 is 0 Å². The number of rotatable bonds is 2. The van der Waals surface area contributed by atoms with Crippen molar-refractivity contribution in [2.45, 2.75) is 6.92 Å². The maximum absolute atomic E-state index is 12.6. The molecule has 0 aliphatic rings. The van der Waals surface area contributed by atoms with Gasteiger partial charge in [-0.1, -0.05) is 0 Å². The summed E-state index contributed by atoms with van der Waals surface area (Å²) in [6, 6.07) is 2.44. The van der Waals surface area contributed by atoms with Gasteiger partial charge in [-0.05, 0) is 19.1 Å². The summed E-state index contributed by atoms with van der Waals surface area (Å²) in [5.41, 5.74) is 0.101. The fourth-order valence-corrected chi connectivity index (χ4v) is 1.07. The summed E-state index contributed by atoms with van der Waals surface area (Å²) in [5.74, 6) is -0.236. The molecule has 2 heterocycles. The highest BCUT2D eigenvalue weighted by Crippen LogP contribution is 2.02. The first kappa shape index (κ1) is 10.2. The minimum Gasteiger partial charge on any atom is -0.288 e. The Balaban J connectivity index is 2.11. The van der Waals surface area contributed by atoms with E-state index in [9.17, 15) is 9.18 Å². The molecular formula is C9H8FN5O. The molecule has 6 nitrogen and oxygen atoms in total. The molecule has 0 radical (unpaired) electrons. The lowest BCUT2D eigenvalue weighted by molar-refractivity contribution is 0.102. The van der Waals surface area contributed by atoms with Gasteiger partial charge in [-0.2, -0.15) is 4.98 Å². The van der Waals surface area contributed by atoms with E-state index in [1.165, 1.54) is 6.07 Å². The maximum Gasteiger partial charge on any atom is 0.276 e. The number of aromatic nitrogens is 4. The molecule has 0 saturated heterocycles. The predicted octanol–water partition coefficient (Wildman–Crippen LogP) is 0.900. The van der Waals surface area contributed by atoms with Crippen molar-refractivity contribution in [3.05, 3.63) is 35.7 Å². The van der Waals surface area contributed by atoms with Gasteiger partial charge in [0, 0.05) is 0 Å². The lowest BCUT2D eigenvalue weighted by Crippen LogP contribution is -2.14. The van der Waals surface area contributed by atoms with Gasteiger partial charge in [0.15, 0.2) is 0 Å². The number of halogens is 1. The average molecular weight is 221 g/mol. The van der Waals surface area contributed by atoms with Crippen molar-refractivity contribution >= 4 is 11.9 Å². The van der Waals surface area contributed by atoms with Gasteiger partial charge in [0.25, 0.3) is 5.91 Å². The highest BCUT2D eigenvalue weighted by Gasteiger charge is 2.09. The number of amides is 1. The molecule has 0 aromatic carbocycles. The van der Waals surface area contributed by atoms with Crippen LogP contribution in [0.25, 0.3) is 0 Å². The summed E-state index contributed by atoms with van der Waals surface area (Å²) >= 11 is 0. The van der Waals surface area contributed by atoms with Crippen LogP contribution >= 0.6 is 0 Å². The number of nitrogens with one attached hydrogen (secondary N) is 2. The van der Waals surface area contributed by atoms with E-state index in [1.807, 2.05) is 0 Å². The average Bonchev–Trinajstić information content (AvgIpc) is 2.65. The zero-order valence-corrected chi connectivity index (χ0v) is 8.36. The number of aryl methyl sites for hydroxylation is 1. The van der Waals surface area contributed by atoms with E-state index in [2.05, 4.69) is 25.5 Å². The summed E-state index contributed by atoms with van der Waals surface area (Å²) in [4.78, 5) is 19.1. The van der Waals surface area contributed by atoms with Crippen LogP contribution in [0.15, 0.2) is 18.3 Å². The largest absolute Gasteiger partial charge is 0.288 e. The smallest absolute Gasteiger partial charge is 0.276 e. The van der Waals surface area contributed by atoms with Crippen LogP contribution in [-0.2, 0) is 0 Å². The number of aromatic amines is 1. The van der Waals surface area contributed by atoms with Crippen LogP contribution in [0.1, 0.15) is 16.3 Å². The Morgan fingerprint density at radius 2 is 2.31 bits per heavy atom. The number of carbonyl (C=O) groups is 1. The standard InChI is InChI=1S/C9H8FN5O/c1-5-12-9(15-14-5)13-8(16)7-3-2-6(10)4-11-7/h2-4H,1H3,(H2,12,13,14,15,16). The highest BCUT2D eigenvalue weighted by atomic mass is 19.1. The highest BCUT2D eigenvalue weighted by molar-refractivity contribution is 6.01. The summed E-state index contributed by atoms with van der Waals surface area (Å²) in [6.07, 6.45) is 0.970. The maximum atomic E-state index is 12.6. The lowest BCUT2D eigenvalue weighted by Gasteiger charge is -1.99. The SMILES string of the molecule is Cc1nc(NC(=O)c2ccc(F)cn2)n[nH]1. The third-order valence-corrected chi connectivity index (χ3v) is 1.78. The number of H-pyrrole nitrogens is 1. The molecule has 0 aliphatic heterocycles. The number of hydrogen-bond acceptors (Lipinski definition) is 4. The second-order valence-corrected chi connectivity index (χ2v) is 3.06. The Bertz CT molecular complexity index is 507. The molecule has 0 saturated carbocycles. The van der Waals surface area contributed by atoms with Crippen molar-refractivity contribution in [1.82, 2.24) is 20.2 Å². The van der Waals surface area contributed by atoms with E-state index in [4.69, 9.17) is 0 Å². The normalized spacial score (nSPS) is 10.1. The second kappa shape index (κ2) is 4.05. The number of hydrogen-bond donors (Lipinski definition) is 2. The second-order valence-electron chi connectivity index (χ2n) is 3.06. The zero-order valence-electron chi connectivity index (χ0n) is 8.36. The molecule has 7 heteroatoms. The Hall–Kier alpha value is -2.31. The first-order valence-electron chi connectivity index (χ1n) is 4.47. The summed E-state index contributed by atoms with van der Waals surface area (Å²) in [7, 11) is 0. The van der Waals surface area contributed by atoms with Gasteiger partial charge >= 0.3 is 0 Å². The van der Waals surface area contributed by atoms with Crippen molar-refractivity contribution in [3.8, 4) is 0 Å². The Labute approximate surface area is 89.9 Å². The summed E-state index contributed by atoms with van der Waals surface area (Å²) < 4.78 is 12.6. The minimum absolute atomic E-state index is 0.101. The molecule has 0 aliphatic carbocycles. The van der Waals surface area contributed by atoms with Crippen LogP contribution in [0.5, 0.6) is 0 Å². The third kappa shape index (κ3) is 2.19. The lowest BCUT2D eigenvalue weighted by atomic mass is 10.3. The van der Waals surface area contributed by atoms with Gasteiger partial charge in [-0.25, -0.2) is 9.37 Å². The molecule has 2 aromatic rings. The van der Waals surface area contributed by atoms with Crippen LogP contribution in [-0.4, -0.2) is 26.1 Å². The number of carbonyl (C=O) groups excluding carboxylic acids is 1. The molecule has 2 rings (SSSR count). The van der Waals surface area contributed by atoms with Gasteiger partial charge in [0.2, 0.25) is 5.95 Å². The number of anilines is 1. The molecule has 0 spiro atoms. The topological polar surface area (TPSA) is 83.6 Å². The Morgan fingerprint density at radius 1 is 1.50 bits per heavy atom. The van der Waals surface area contributed by atoms with E-state index < -0.39 is 11.7 Å². The van der Waals surface area contributed by atoms with Crippen molar-refractivity contribution in [2.75, 3.05) is 5.32 Å². The van der Waals surface area contributed by atoms with Crippen molar-refractivity contribution in [2.24, 2.45) is 0 Å². The Morgan fingerprint density at radius 3 is 2.88 bits per heavy atom. The minimum atomic E-state index is -0.495. The number of pyridine rings is 1. The molecular weight excluding hydrogens is 213 g/mol. The van der Waals surface area contributed by atoms with Gasteiger partial charge in [0.05, 0.1) is 6.20 Å². The molecule has 2 N–H and O–H groups in total. The summed E-state index contributed by atoms with van der Waals surface area (Å²) in [5, 5.41) is 8.73. The van der Waals surface area contributed by atoms with E-state index in [0.717, 1.165) is 12.3 Å². The van der Waals surface area contributed by atoms with Crippen LogP contribution in [0.4, 0.5) is 10.3 Å². The molecule has 0 atom stereocenters. The molecule has 0 unspecified atom stereocenters. The van der Waals surface area contributed by atoms with Crippen molar-refractivity contribution < 1.29 is 9.18 Å². The monoisotopic (exact) mass is 221 g/mol. The fourth-order valence-electron chi connectivity index (χ4n) is 1.07. The van der Waals surface area contributed by atoms with E-state index >= 15 is 0 Å². The van der Waals surface area contributed by atoms with Crippen LogP contribution < -0.4 is 5.32 Å². The molecule has 1 amide bonds.